The predicted molar refractivity (Wildman–Crippen MR) is 76.9 cm³/mol. The zero-order valence-corrected chi connectivity index (χ0v) is 12.8. The lowest BCUT2D eigenvalue weighted by atomic mass is 9.92. The van der Waals surface area contributed by atoms with E-state index in [2.05, 4.69) is 19.2 Å². The van der Waals surface area contributed by atoms with Crippen molar-refractivity contribution >= 4 is 9.84 Å². The summed E-state index contributed by atoms with van der Waals surface area (Å²) in [5.41, 5.74) is 0.313. The molecule has 108 valence electrons. The third kappa shape index (κ3) is 4.03. The second kappa shape index (κ2) is 6.03. The Balaban J connectivity index is 3.06. The molecule has 0 amide bonds. The molecule has 2 atom stereocenters. The van der Waals surface area contributed by atoms with E-state index in [1.54, 1.807) is 24.3 Å². The van der Waals surface area contributed by atoms with Crippen LogP contribution in [0.3, 0.4) is 0 Å². The quantitative estimate of drug-likeness (QED) is 0.834. The van der Waals surface area contributed by atoms with E-state index < -0.39 is 15.4 Å². The van der Waals surface area contributed by atoms with Gasteiger partial charge in [0, 0.05) is 12.3 Å². The molecule has 0 bridgehead atoms. The average molecular weight is 285 g/mol. The molecule has 2 unspecified atom stereocenters. The monoisotopic (exact) mass is 285 g/mol. The van der Waals surface area contributed by atoms with Crippen molar-refractivity contribution in [2.24, 2.45) is 0 Å². The maximum atomic E-state index is 11.4. The summed E-state index contributed by atoms with van der Waals surface area (Å²) in [6, 6.07) is 6.93. The smallest absolute Gasteiger partial charge is 0.175 e. The maximum Gasteiger partial charge on any atom is 0.175 e. The zero-order chi connectivity index (χ0) is 14.7. The molecule has 0 aromatic heterocycles. The van der Waals surface area contributed by atoms with Gasteiger partial charge >= 0.3 is 0 Å². The normalized spacial score (nSPS) is 16.9. The summed E-state index contributed by atoms with van der Waals surface area (Å²) >= 11 is 0. The van der Waals surface area contributed by atoms with Crippen molar-refractivity contribution in [3.05, 3.63) is 29.8 Å². The maximum absolute atomic E-state index is 11.4. The fourth-order valence-corrected chi connectivity index (χ4v) is 2.57. The molecule has 1 aromatic rings. The van der Waals surface area contributed by atoms with Crippen molar-refractivity contribution in [2.45, 2.75) is 43.7 Å². The highest BCUT2D eigenvalue weighted by molar-refractivity contribution is 7.90. The van der Waals surface area contributed by atoms with Crippen LogP contribution in [0, 0.1) is 0 Å². The first-order valence-electron chi connectivity index (χ1n) is 6.42. The molecule has 0 saturated heterocycles. The van der Waals surface area contributed by atoms with Crippen molar-refractivity contribution in [1.29, 1.82) is 0 Å². The summed E-state index contributed by atoms with van der Waals surface area (Å²) < 4.78 is 22.8. The van der Waals surface area contributed by atoms with Crippen molar-refractivity contribution in [3.8, 4) is 0 Å². The van der Waals surface area contributed by atoms with Gasteiger partial charge < -0.3 is 10.4 Å². The molecule has 0 aliphatic rings. The zero-order valence-electron chi connectivity index (χ0n) is 12.0. The first-order chi connectivity index (χ1) is 8.73. The fourth-order valence-electron chi connectivity index (χ4n) is 1.94. The molecule has 19 heavy (non-hydrogen) atoms. The summed E-state index contributed by atoms with van der Waals surface area (Å²) in [5, 5.41) is 13.0. The van der Waals surface area contributed by atoms with Gasteiger partial charge in [0.15, 0.2) is 9.84 Å². The lowest BCUT2D eigenvalue weighted by molar-refractivity contribution is 0.162. The standard InChI is InChI=1S/C14H23NO3S/c1-5-11(2)15-14(3,10-16)12-6-8-13(9-7-12)19(4,17)18/h6-9,11,15-16H,5,10H2,1-4H3. The Morgan fingerprint density at radius 3 is 2.21 bits per heavy atom. The Bertz CT molecular complexity index is 510. The van der Waals surface area contributed by atoms with Crippen molar-refractivity contribution in [1.82, 2.24) is 5.32 Å². The summed E-state index contributed by atoms with van der Waals surface area (Å²) in [7, 11) is -3.18. The lowest BCUT2D eigenvalue weighted by Crippen LogP contribution is -2.47. The Hall–Kier alpha value is -0.910. The van der Waals surface area contributed by atoms with Gasteiger partial charge in [0.2, 0.25) is 0 Å². The molecule has 0 heterocycles. The minimum Gasteiger partial charge on any atom is -0.394 e. The second-order valence-electron chi connectivity index (χ2n) is 5.24. The molecule has 1 rings (SSSR count). The van der Waals surface area contributed by atoms with E-state index in [1.165, 1.54) is 6.26 Å². The number of aliphatic hydroxyl groups is 1. The molecule has 1 aromatic carbocycles. The Kier molecular flexibility index (Phi) is 5.12. The Morgan fingerprint density at radius 1 is 1.32 bits per heavy atom. The van der Waals surface area contributed by atoms with Gasteiger partial charge in [-0.2, -0.15) is 0 Å². The minimum atomic E-state index is -3.18. The largest absolute Gasteiger partial charge is 0.394 e. The van der Waals surface area contributed by atoms with Crippen LogP contribution >= 0.6 is 0 Å². The van der Waals surface area contributed by atoms with Crippen LogP contribution in [-0.2, 0) is 15.4 Å². The molecule has 0 spiro atoms. The van der Waals surface area contributed by atoms with Crippen molar-refractivity contribution in [3.63, 3.8) is 0 Å². The highest BCUT2D eigenvalue weighted by Crippen LogP contribution is 2.23. The topological polar surface area (TPSA) is 66.4 Å². The number of hydrogen-bond donors (Lipinski definition) is 2. The van der Waals surface area contributed by atoms with Gasteiger partial charge in [0.25, 0.3) is 0 Å². The highest BCUT2D eigenvalue weighted by atomic mass is 32.2. The number of nitrogens with one attached hydrogen (secondary N) is 1. The third-order valence-corrected chi connectivity index (χ3v) is 4.54. The molecule has 4 nitrogen and oxygen atoms in total. The van der Waals surface area contributed by atoms with Crippen LogP contribution in [-0.4, -0.2) is 32.4 Å². The number of benzene rings is 1. The fraction of sp³-hybridized carbons (Fsp3) is 0.571. The van der Waals surface area contributed by atoms with Gasteiger partial charge in [-0.05, 0) is 38.0 Å². The van der Waals surface area contributed by atoms with Crippen molar-refractivity contribution < 1.29 is 13.5 Å². The molecule has 0 fully saturated rings. The van der Waals surface area contributed by atoms with Crippen LogP contribution in [0.4, 0.5) is 0 Å². The first-order valence-corrected chi connectivity index (χ1v) is 8.31. The van der Waals surface area contributed by atoms with Gasteiger partial charge in [0.1, 0.15) is 0 Å². The second-order valence-corrected chi connectivity index (χ2v) is 7.26. The molecule has 0 radical (unpaired) electrons. The van der Waals surface area contributed by atoms with Crippen LogP contribution in [0.25, 0.3) is 0 Å². The molecule has 2 N–H and O–H groups in total. The molecule has 5 heteroatoms. The van der Waals surface area contributed by atoms with Crippen LogP contribution in [0.5, 0.6) is 0 Å². The first kappa shape index (κ1) is 16.1. The number of aliphatic hydroxyl groups excluding tert-OH is 1. The summed E-state index contributed by atoms with van der Waals surface area (Å²) in [4.78, 5) is 0.292. The van der Waals surface area contributed by atoms with Crippen LogP contribution in [0.1, 0.15) is 32.8 Å². The Labute approximate surface area is 115 Å². The van der Waals surface area contributed by atoms with Gasteiger partial charge in [-0.1, -0.05) is 19.1 Å². The van der Waals surface area contributed by atoms with Gasteiger partial charge in [-0.15, -0.1) is 0 Å². The molecular formula is C14H23NO3S. The van der Waals surface area contributed by atoms with Crippen LogP contribution in [0.2, 0.25) is 0 Å². The van der Waals surface area contributed by atoms with Crippen molar-refractivity contribution in [2.75, 3.05) is 12.9 Å². The van der Waals surface area contributed by atoms with Crippen LogP contribution in [0.15, 0.2) is 29.2 Å². The third-order valence-electron chi connectivity index (χ3n) is 3.41. The van der Waals surface area contributed by atoms with E-state index in [9.17, 15) is 13.5 Å². The van der Waals surface area contributed by atoms with E-state index in [4.69, 9.17) is 0 Å². The molecule has 0 aliphatic heterocycles. The number of rotatable bonds is 6. The highest BCUT2D eigenvalue weighted by Gasteiger charge is 2.27. The van der Waals surface area contributed by atoms with Gasteiger partial charge in [-0.3, -0.25) is 0 Å². The number of sulfone groups is 1. The van der Waals surface area contributed by atoms with Crippen LogP contribution < -0.4 is 5.32 Å². The summed E-state index contributed by atoms with van der Waals surface area (Å²) in [6.45, 7) is 5.99. The summed E-state index contributed by atoms with van der Waals surface area (Å²) in [5.74, 6) is 0. The van der Waals surface area contributed by atoms with E-state index in [0.717, 1.165) is 12.0 Å². The van der Waals surface area contributed by atoms with Gasteiger partial charge in [0.05, 0.1) is 17.0 Å². The molecule has 0 aliphatic carbocycles. The molecular weight excluding hydrogens is 262 g/mol. The summed E-state index contributed by atoms with van der Waals surface area (Å²) in [6.07, 6.45) is 2.14. The molecule has 0 saturated carbocycles. The van der Waals surface area contributed by atoms with E-state index in [1.807, 2.05) is 6.92 Å². The SMILES string of the molecule is CCC(C)NC(C)(CO)c1ccc(S(C)(=O)=O)cc1. The lowest BCUT2D eigenvalue weighted by Gasteiger charge is -2.32. The number of hydrogen-bond acceptors (Lipinski definition) is 4. The van der Waals surface area contributed by atoms with Gasteiger partial charge in [-0.25, -0.2) is 8.42 Å². The average Bonchev–Trinajstić information content (AvgIpc) is 2.37. The van der Waals surface area contributed by atoms with E-state index >= 15 is 0 Å². The predicted octanol–water partition coefficient (Wildman–Crippen LogP) is 1.69. The Morgan fingerprint density at radius 2 is 1.84 bits per heavy atom. The van der Waals surface area contributed by atoms with E-state index in [-0.39, 0.29) is 12.6 Å². The van der Waals surface area contributed by atoms with E-state index in [0.29, 0.717) is 4.90 Å². The minimum absolute atomic E-state index is 0.0461.